The van der Waals surface area contributed by atoms with Crippen molar-refractivity contribution in [1.29, 1.82) is 5.26 Å². The van der Waals surface area contributed by atoms with Crippen molar-refractivity contribution >= 4 is 11.0 Å². The maximum absolute atomic E-state index is 8.90. The van der Waals surface area contributed by atoms with Gasteiger partial charge in [-0.2, -0.15) is 5.26 Å². The number of fused-ring (bicyclic) bond motifs is 1. The summed E-state index contributed by atoms with van der Waals surface area (Å²) in [5, 5.41) is 12.1. The van der Waals surface area contributed by atoms with Gasteiger partial charge in [-0.15, -0.1) is 0 Å². The number of aryl methyl sites for hydroxylation is 1. The maximum atomic E-state index is 8.90. The highest BCUT2D eigenvalue weighted by atomic mass is 15.1. The van der Waals surface area contributed by atoms with Gasteiger partial charge in [0.2, 0.25) is 0 Å². The molecule has 1 aromatic heterocycles. The monoisotopic (exact) mass is 304 g/mol. The van der Waals surface area contributed by atoms with Gasteiger partial charge in [0.05, 0.1) is 22.7 Å². The molecule has 4 heteroatoms. The lowest BCUT2D eigenvalue weighted by atomic mass is 10.0. The molecule has 4 nitrogen and oxygen atoms in total. The lowest BCUT2D eigenvalue weighted by molar-refractivity contribution is 0.681. The van der Waals surface area contributed by atoms with Crippen LogP contribution in [0.3, 0.4) is 0 Å². The Bertz CT molecular complexity index is 853. The van der Waals surface area contributed by atoms with Crippen LogP contribution in [0.5, 0.6) is 0 Å². The molecule has 0 saturated carbocycles. The summed E-state index contributed by atoms with van der Waals surface area (Å²) >= 11 is 0. The second kappa shape index (κ2) is 6.64. The number of hydrogen-bond acceptors (Lipinski definition) is 3. The summed E-state index contributed by atoms with van der Waals surface area (Å²) in [5.74, 6) is 1.12. The Morgan fingerprint density at radius 3 is 2.52 bits per heavy atom. The quantitative estimate of drug-likeness (QED) is 0.786. The zero-order chi connectivity index (χ0) is 16.2. The molecule has 0 aliphatic heterocycles. The molecule has 0 atom stereocenters. The normalized spacial score (nSPS) is 10.8. The molecule has 1 heterocycles. The van der Waals surface area contributed by atoms with Crippen LogP contribution in [0.1, 0.15) is 18.3 Å². The van der Waals surface area contributed by atoms with Crippen LogP contribution >= 0.6 is 0 Å². The standard InChI is InChI=1S/C19H20N4/c1-3-23-18-9-8-16(15-6-4-14(13-20)5-7-15)12-17(18)22-19(23)10-11-21-2/h4-9,12,21H,3,10-11H2,1-2H3. The van der Waals surface area contributed by atoms with E-state index in [1.54, 1.807) is 0 Å². The van der Waals surface area contributed by atoms with E-state index in [0.717, 1.165) is 42.0 Å². The molecule has 0 aliphatic rings. The predicted octanol–water partition coefficient (Wildman–Crippen LogP) is 3.36. The topological polar surface area (TPSA) is 53.6 Å². The van der Waals surface area contributed by atoms with Crippen molar-refractivity contribution in [3.05, 3.63) is 53.9 Å². The number of rotatable bonds is 5. The van der Waals surface area contributed by atoms with E-state index in [9.17, 15) is 0 Å². The minimum absolute atomic E-state index is 0.680. The number of nitrogens with one attached hydrogen (secondary N) is 1. The van der Waals surface area contributed by atoms with Gasteiger partial charge >= 0.3 is 0 Å². The van der Waals surface area contributed by atoms with Crippen LogP contribution in [-0.2, 0) is 13.0 Å². The number of benzene rings is 2. The average Bonchev–Trinajstić information content (AvgIpc) is 2.96. The minimum Gasteiger partial charge on any atom is -0.328 e. The molecule has 3 rings (SSSR count). The van der Waals surface area contributed by atoms with Crippen LogP contribution < -0.4 is 5.32 Å². The van der Waals surface area contributed by atoms with Gasteiger partial charge in [0.25, 0.3) is 0 Å². The molecule has 0 unspecified atom stereocenters. The van der Waals surface area contributed by atoms with E-state index in [2.05, 4.69) is 41.1 Å². The van der Waals surface area contributed by atoms with Crippen LogP contribution in [0.4, 0.5) is 0 Å². The molecule has 0 saturated heterocycles. The Balaban J connectivity index is 2.02. The van der Waals surface area contributed by atoms with Crippen LogP contribution in [0.15, 0.2) is 42.5 Å². The first-order chi connectivity index (χ1) is 11.3. The van der Waals surface area contributed by atoms with E-state index >= 15 is 0 Å². The van der Waals surface area contributed by atoms with E-state index in [0.29, 0.717) is 5.56 Å². The lowest BCUT2D eigenvalue weighted by Gasteiger charge is -2.06. The Kier molecular flexibility index (Phi) is 4.40. The van der Waals surface area contributed by atoms with Gasteiger partial charge in [-0.05, 0) is 49.4 Å². The largest absolute Gasteiger partial charge is 0.328 e. The highest BCUT2D eigenvalue weighted by molar-refractivity contribution is 5.82. The second-order valence-corrected chi connectivity index (χ2v) is 5.52. The van der Waals surface area contributed by atoms with E-state index in [4.69, 9.17) is 10.2 Å². The predicted molar refractivity (Wildman–Crippen MR) is 93.2 cm³/mol. The van der Waals surface area contributed by atoms with Gasteiger partial charge in [0, 0.05) is 19.5 Å². The van der Waals surface area contributed by atoms with E-state index in [-0.39, 0.29) is 0 Å². The number of hydrogen-bond donors (Lipinski definition) is 1. The van der Waals surface area contributed by atoms with Gasteiger partial charge < -0.3 is 9.88 Å². The summed E-state index contributed by atoms with van der Waals surface area (Å²) < 4.78 is 2.27. The summed E-state index contributed by atoms with van der Waals surface area (Å²) in [6.45, 7) is 4.00. The third kappa shape index (κ3) is 2.96. The molecule has 2 aromatic carbocycles. The number of nitriles is 1. The molecule has 1 N–H and O–H groups in total. The van der Waals surface area contributed by atoms with Crippen molar-refractivity contribution in [2.75, 3.05) is 13.6 Å². The molecule has 0 spiro atoms. The Hall–Kier alpha value is -2.64. The smallest absolute Gasteiger partial charge is 0.111 e. The fourth-order valence-corrected chi connectivity index (χ4v) is 2.88. The maximum Gasteiger partial charge on any atom is 0.111 e. The molecular weight excluding hydrogens is 284 g/mol. The Morgan fingerprint density at radius 1 is 1.13 bits per heavy atom. The first kappa shape index (κ1) is 15.3. The molecule has 0 fully saturated rings. The minimum atomic E-state index is 0.680. The molecule has 0 radical (unpaired) electrons. The fourth-order valence-electron chi connectivity index (χ4n) is 2.88. The second-order valence-electron chi connectivity index (χ2n) is 5.52. The van der Waals surface area contributed by atoms with Crippen LogP contribution in [0.25, 0.3) is 22.2 Å². The highest BCUT2D eigenvalue weighted by Crippen LogP contribution is 2.25. The number of imidazole rings is 1. The number of aromatic nitrogens is 2. The molecular formula is C19H20N4. The van der Waals surface area contributed by atoms with Gasteiger partial charge in [0.1, 0.15) is 5.82 Å². The van der Waals surface area contributed by atoms with Crippen LogP contribution in [0.2, 0.25) is 0 Å². The molecule has 0 bridgehead atoms. The van der Waals surface area contributed by atoms with Crippen LogP contribution in [0, 0.1) is 11.3 Å². The van der Waals surface area contributed by atoms with Crippen LogP contribution in [-0.4, -0.2) is 23.1 Å². The SMILES string of the molecule is CCn1c(CCNC)nc2cc(-c3ccc(C#N)cc3)ccc21. The number of nitrogens with zero attached hydrogens (tertiary/aromatic N) is 3. The first-order valence-electron chi connectivity index (χ1n) is 7.91. The van der Waals surface area contributed by atoms with Gasteiger partial charge in [-0.25, -0.2) is 4.98 Å². The third-order valence-electron chi connectivity index (χ3n) is 4.09. The molecule has 3 aromatic rings. The summed E-state index contributed by atoms with van der Waals surface area (Å²) in [6.07, 6.45) is 0.922. The molecule has 0 aliphatic carbocycles. The first-order valence-corrected chi connectivity index (χ1v) is 7.91. The Morgan fingerprint density at radius 2 is 1.87 bits per heavy atom. The lowest BCUT2D eigenvalue weighted by Crippen LogP contribution is -2.13. The van der Waals surface area contributed by atoms with Crippen molar-refractivity contribution in [3.63, 3.8) is 0 Å². The Labute approximate surface area is 136 Å². The van der Waals surface area contributed by atoms with E-state index < -0.39 is 0 Å². The molecule has 116 valence electrons. The van der Waals surface area contributed by atoms with Gasteiger partial charge in [0.15, 0.2) is 0 Å². The van der Waals surface area contributed by atoms with Crippen molar-refractivity contribution in [1.82, 2.24) is 14.9 Å². The number of likely N-dealkylation sites (N-methyl/N-ethyl adjacent to an activating group) is 1. The average molecular weight is 304 g/mol. The highest BCUT2D eigenvalue weighted by Gasteiger charge is 2.10. The zero-order valence-corrected chi connectivity index (χ0v) is 13.5. The van der Waals surface area contributed by atoms with Crippen molar-refractivity contribution in [3.8, 4) is 17.2 Å². The summed E-state index contributed by atoms with van der Waals surface area (Å²) in [7, 11) is 1.96. The van der Waals surface area contributed by atoms with Crippen molar-refractivity contribution in [2.45, 2.75) is 19.9 Å². The molecule has 0 amide bonds. The summed E-state index contributed by atoms with van der Waals surface area (Å²) in [5.41, 5.74) is 5.12. The zero-order valence-electron chi connectivity index (χ0n) is 13.5. The van der Waals surface area contributed by atoms with Gasteiger partial charge in [-0.3, -0.25) is 0 Å². The fraction of sp³-hybridized carbons (Fsp3) is 0.263. The van der Waals surface area contributed by atoms with Crippen molar-refractivity contribution in [2.24, 2.45) is 0 Å². The van der Waals surface area contributed by atoms with E-state index in [1.165, 1.54) is 5.52 Å². The summed E-state index contributed by atoms with van der Waals surface area (Å²) in [6, 6.07) is 16.2. The van der Waals surface area contributed by atoms with E-state index in [1.807, 2.05) is 31.3 Å². The van der Waals surface area contributed by atoms with Crippen molar-refractivity contribution < 1.29 is 0 Å². The molecule has 23 heavy (non-hydrogen) atoms. The third-order valence-corrected chi connectivity index (χ3v) is 4.09. The summed E-state index contributed by atoms with van der Waals surface area (Å²) in [4.78, 5) is 4.81. The van der Waals surface area contributed by atoms with Gasteiger partial charge in [-0.1, -0.05) is 18.2 Å².